The van der Waals surface area contributed by atoms with Crippen LogP contribution in [0, 0.1) is 0 Å². The summed E-state index contributed by atoms with van der Waals surface area (Å²) in [5.74, 6) is 0. The maximum absolute atomic E-state index is 6.01. The molecule has 2 nitrogen and oxygen atoms in total. The standard InChI is InChI=1S/C13H30O2SSi2/c1-8-14-18(7,15-9-2)13(16-10-3)11-12-17(4,5)6/h10,13H,3,8-9,11-12H2,1-2,4-7H3. The molecule has 0 heterocycles. The lowest BCUT2D eigenvalue weighted by molar-refractivity contribution is 0.187. The highest BCUT2D eigenvalue weighted by Crippen LogP contribution is 2.31. The molecule has 1 unspecified atom stereocenters. The SMILES string of the molecule is C=CSC(CC[Si](C)(C)C)[Si](C)(OCC)OCC. The van der Waals surface area contributed by atoms with Gasteiger partial charge in [-0.25, -0.2) is 0 Å². The van der Waals surface area contributed by atoms with Crippen molar-refractivity contribution in [2.45, 2.75) is 57.4 Å². The van der Waals surface area contributed by atoms with Gasteiger partial charge in [-0.15, -0.1) is 11.8 Å². The molecule has 0 bridgehead atoms. The first-order valence-electron chi connectivity index (χ1n) is 6.83. The maximum atomic E-state index is 6.01. The van der Waals surface area contributed by atoms with Crippen molar-refractivity contribution in [1.82, 2.24) is 0 Å². The van der Waals surface area contributed by atoms with Gasteiger partial charge in [-0.1, -0.05) is 32.3 Å². The van der Waals surface area contributed by atoms with E-state index in [-0.39, 0.29) is 0 Å². The molecule has 5 heteroatoms. The van der Waals surface area contributed by atoms with Gasteiger partial charge >= 0.3 is 8.56 Å². The van der Waals surface area contributed by atoms with E-state index in [1.54, 1.807) is 11.8 Å². The fourth-order valence-corrected chi connectivity index (χ4v) is 8.03. The third-order valence-electron chi connectivity index (χ3n) is 2.86. The van der Waals surface area contributed by atoms with Gasteiger partial charge < -0.3 is 8.85 Å². The Morgan fingerprint density at radius 3 is 1.94 bits per heavy atom. The molecule has 0 aromatic carbocycles. The second-order valence-corrected chi connectivity index (χ2v) is 16.3. The van der Waals surface area contributed by atoms with Crippen LogP contribution in [0.5, 0.6) is 0 Å². The largest absolute Gasteiger partial charge is 0.394 e. The Hall–Kier alpha value is 0.444. The first kappa shape index (κ1) is 18.4. The topological polar surface area (TPSA) is 18.5 Å². The zero-order chi connectivity index (χ0) is 14.2. The number of hydrogen-bond acceptors (Lipinski definition) is 3. The van der Waals surface area contributed by atoms with Crippen molar-refractivity contribution in [1.29, 1.82) is 0 Å². The van der Waals surface area contributed by atoms with Gasteiger partial charge in [0, 0.05) is 21.3 Å². The smallest absolute Gasteiger partial charge is 0.348 e. The molecule has 0 spiro atoms. The Morgan fingerprint density at radius 2 is 1.61 bits per heavy atom. The molecule has 108 valence electrons. The van der Waals surface area contributed by atoms with E-state index < -0.39 is 16.6 Å². The van der Waals surface area contributed by atoms with Crippen LogP contribution in [0.4, 0.5) is 0 Å². The van der Waals surface area contributed by atoms with Gasteiger partial charge in [0.2, 0.25) is 0 Å². The first-order chi connectivity index (χ1) is 8.29. The van der Waals surface area contributed by atoms with E-state index in [9.17, 15) is 0 Å². The summed E-state index contributed by atoms with van der Waals surface area (Å²) >= 11 is 1.80. The van der Waals surface area contributed by atoms with E-state index in [1.165, 1.54) is 12.5 Å². The van der Waals surface area contributed by atoms with Gasteiger partial charge in [-0.3, -0.25) is 0 Å². The van der Waals surface area contributed by atoms with Crippen LogP contribution >= 0.6 is 11.8 Å². The Morgan fingerprint density at radius 1 is 1.11 bits per heavy atom. The molecule has 0 aliphatic heterocycles. The molecule has 0 rings (SSSR count). The molecule has 0 aromatic heterocycles. The lowest BCUT2D eigenvalue weighted by atomic mass is 10.6. The first-order valence-corrected chi connectivity index (χ1v) is 13.9. The molecular formula is C13H30O2SSi2. The Bertz CT molecular complexity index is 236. The fraction of sp³-hybridized carbons (Fsp3) is 0.846. The molecule has 0 saturated carbocycles. The van der Waals surface area contributed by atoms with Gasteiger partial charge in [0.15, 0.2) is 0 Å². The zero-order valence-electron chi connectivity index (χ0n) is 12.9. The van der Waals surface area contributed by atoms with E-state index >= 15 is 0 Å². The maximum Gasteiger partial charge on any atom is 0.348 e. The summed E-state index contributed by atoms with van der Waals surface area (Å²) in [6, 6.07) is 1.32. The molecular weight excluding hydrogens is 276 g/mol. The van der Waals surface area contributed by atoms with Crippen LogP contribution in [-0.4, -0.2) is 34.7 Å². The molecule has 0 aromatic rings. The molecule has 0 radical (unpaired) electrons. The average Bonchev–Trinajstić information content (AvgIpc) is 2.23. The Labute approximate surface area is 120 Å². The Kier molecular flexibility index (Phi) is 8.79. The monoisotopic (exact) mass is 306 g/mol. The van der Waals surface area contributed by atoms with E-state index in [0.29, 0.717) is 4.87 Å². The minimum atomic E-state index is -2.09. The van der Waals surface area contributed by atoms with Crippen LogP contribution in [0.2, 0.25) is 32.2 Å². The van der Waals surface area contributed by atoms with Gasteiger partial charge in [0.25, 0.3) is 0 Å². The van der Waals surface area contributed by atoms with Gasteiger partial charge in [-0.2, -0.15) is 0 Å². The predicted molar refractivity (Wildman–Crippen MR) is 89.2 cm³/mol. The summed E-state index contributed by atoms with van der Waals surface area (Å²) in [5.41, 5.74) is 0. The molecule has 0 aliphatic carbocycles. The minimum absolute atomic E-state index is 0.460. The highest BCUT2D eigenvalue weighted by molar-refractivity contribution is 8.04. The summed E-state index contributed by atoms with van der Waals surface area (Å²) in [5, 5.41) is 1.94. The van der Waals surface area contributed by atoms with Gasteiger partial charge in [0.1, 0.15) is 0 Å². The molecule has 18 heavy (non-hydrogen) atoms. The summed E-state index contributed by atoms with van der Waals surface area (Å²) in [6.45, 7) is 18.9. The minimum Gasteiger partial charge on any atom is -0.394 e. The normalized spacial score (nSPS) is 14.6. The number of rotatable bonds is 10. The highest BCUT2D eigenvalue weighted by Gasteiger charge is 2.41. The third kappa shape index (κ3) is 7.14. The number of thioether (sulfide) groups is 1. The second kappa shape index (κ2) is 8.58. The molecule has 0 saturated heterocycles. The van der Waals surface area contributed by atoms with E-state index in [0.717, 1.165) is 13.2 Å². The van der Waals surface area contributed by atoms with Crippen molar-refractivity contribution in [2.75, 3.05) is 13.2 Å². The summed E-state index contributed by atoms with van der Waals surface area (Å²) in [4.78, 5) is 0.460. The fourth-order valence-electron chi connectivity index (χ4n) is 1.93. The van der Waals surface area contributed by atoms with Crippen molar-refractivity contribution in [3.8, 4) is 0 Å². The predicted octanol–water partition coefficient (Wildman–Crippen LogP) is 4.64. The average molecular weight is 307 g/mol. The molecule has 1 atom stereocenters. The number of hydrogen-bond donors (Lipinski definition) is 0. The second-order valence-electron chi connectivity index (χ2n) is 5.77. The van der Waals surface area contributed by atoms with E-state index in [2.05, 4.69) is 46.6 Å². The zero-order valence-corrected chi connectivity index (χ0v) is 15.7. The van der Waals surface area contributed by atoms with Gasteiger partial charge in [-0.05, 0) is 32.2 Å². The lowest BCUT2D eigenvalue weighted by Crippen LogP contribution is -2.49. The van der Waals surface area contributed by atoms with Crippen molar-refractivity contribution < 1.29 is 8.85 Å². The summed E-state index contributed by atoms with van der Waals surface area (Å²) < 4.78 is 12.0. The summed E-state index contributed by atoms with van der Waals surface area (Å²) in [7, 11) is -3.10. The van der Waals surface area contributed by atoms with Crippen molar-refractivity contribution in [3.63, 3.8) is 0 Å². The molecule has 0 N–H and O–H groups in total. The molecule has 0 aliphatic rings. The van der Waals surface area contributed by atoms with Crippen LogP contribution in [0.25, 0.3) is 0 Å². The van der Waals surface area contributed by atoms with Crippen LogP contribution in [0.3, 0.4) is 0 Å². The lowest BCUT2D eigenvalue weighted by Gasteiger charge is -2.34. The Balaban J connectivity index is 4.73. The quantitative estimate of drug-likeness (QED) is 0.548. The molecule has 0 amide bonds. The highest BCUT2D eigenvalue weighted by atomic mass is 32.2. The third-order valence-corrected chi connectivity index (χ3v) is 10.3. The van der Waals surface area contributed by atoms with Crippen LogP contribution in [0.15, 0.2) is 12.0 Å². The van der Waals surface area contributed by atoms with Crippen LogP contribution in [0.1, 0.15) is 20.3 Å². The molecule has 0 fully saturated rings. The summed E-state index contributed by atoms with van der Waals surface area (Å²) in [6.07, 6.45) is 1.19. The van der Waals surface area contributed by atoms with Crippen molar-refractivity contribution >= 4 is 28.4 Å². The van der Waals surface area contributed by atoms with Crippen LogP contribution < -0.4 is 0 Å². The van der Waals surface area contributed by atoms with E-state index in [4.69, 9.17) is 8.85 Å². The van der Waals surface area contributed by atoms with Crippen molar-refractivity contribution in [2.24, 2.45) is 0 Å². The van der Waals surface area contributed by atoms with Gasteiger partial charge in [0.05, 0.1) is 4.87 Å². The van der Waals surface area contributed by atoms with E-state index in [1.807, 2.05) is 5.41 Å². The van der Waals surface area contributed by atoms with Crippen LogP contribution in [-0.2, 0) is 8.85 Å². The van der Waals surface area contributed by atoms with Crippen molar-refractivity contribution in [3.05, 3.63) is 12.0 Å².